The molecule has 0 bridgehead atoms. The van der Waals surface area contributed by atoms with Gasteiger partial charge in [0, 0.05) is 18.1 Å². The molecule has 0 aliphatic heterocycles. The summed E-state index contributed by atoms with van der Waals surface area (Å²) in [5, 5.41) is 11.2. The van der Waals surface area contributed by atoms with Crippen LogP contribution in [0.2, 0.25) is 0 Å². The van der Waals surface area contributed by atoms with E-state index in [1.807, 2.05) is 41.1 Å². The molecule has 2 rings (SSSR count). The lowest BCUT2D eigenvalue weighted by Gasteiger charge is -2.10. The Morgan fingerprint density at radius 3 is 3.00 bits per heavy atom. The lowest BCUT2D eigenvalue weighted by molar-refractivity contribution is -0.115. The highest BCUT2D eigenvalue weighted by Crippen LogP contribution is 2.16. The largest absolute Gasteiger partial charge is 0.333 e. The van der Waals surface area contributed by atoms with Gasteiger partial charge in [-0.2, -0.15) is 5.26 Å². The number of carbonyl (C=O) groups excluding carboxylic acids is 1. The van der Waals surface area contributed by atoms with Crippen LogP contribution in [0.3, 0.4) is 0 Å². The number of amides is 1. The van der Waals surface area contributed by atoms with Crippen LogP contribution >= 0.6 is 0 Å². The summed E-state index contributed by atoms with van der Waals surface area (Å²) in [6, 6.07) is 9.33. The molecule has 0 unspecified atom stereocenters. The van der Waals surface area contributed by atoms with E-state index in [0.717, 1.165) is 11.3 Å². The number of nitriles is 1. The molecule has 1 amide bonds. The van der Waals surface area contributed by atoms with E-state index < -0.39 is 0 Å². The van der Waals surface area contributed by atoms with Gasteiger partial charge in [0.1, 0.15) is 6.42 Å². The van der Waals surface area contributed by atoms with Crippen LogP contribution in [0.1, 0.15) is 12.0 Å². The van der Waals surface area contributed by atoms with Gasteiger partial charge in [0.2, 0.25) is 5.91 Å². The maximum Gasteiger partial charge on any atom is 0.238 e. The van der Waals surface area contributed by atoms with Crippen LogP contribution in [-0.2, 0) is 11.3 Å². The standard InChI is InChI=1S/C13H12N4O/c14-6-5-13(18)16-12-4-2-1-3-11(12)9-17-8-7-15-10-17/h1-4,7-8,10H,5,9H2,(H,16,18). The van der Waals surface area contributed by atoms with E-state index in [-0.39, 0.29) is 12.3 Å². The molecule has 5 heteroatoms. The number of aromatic nitrogens is 2. The van der Waals surface area contributed by atoms with Gasteiger partial charge in [-0.25, -0.2) is 4.98 Å². The number of benzene rings is 1. The highest BCUT2D eigenvalue weighted by molar-refractivity contribution is 5.92. The van der Waals surface area contributed by atoms with Gasteiger partial charge in [0.15, 0.2) is 0 Å². The lowest BCUT2D eigenvalue weighted by Crippen LogP contribution is -2.12. The number of nitrogens with one attached hydrogen (secondary N) is 1. The third-order valence-corrected chi connectivity index (χ3v) is 2.44. The van der Waals surface area contributed by atoms with E-state index in [0.29, 0.717) is 6.54 Å². The number of hydrogen-bond donors (Lipinski definition) is 1. The molecule has 1 N–H and O–H groups in total. The topological polar surface area (TPSA) is 70.7 Å². The second-order valence-electron chi connectivity index (χ2n) is 3.78. The number of rotatable bonds is 4. The number of para-hydroxylation sites is 1. The van der Waals surface area contributed by atoms with Crippen LogP contribution in [0.4, 0.5) is 5.69 Å². The third-order valence-electron chi connectivity index (χ3n) is 2.44. The molecular formula is C13H12N4O. The first kappa shape index (κ1) is 11.9. The summed E-state index contributed by atoms with van der Waals surface area (Å²) in [6.45, 7) is 0.628. The van der Waals surface area contributed by atoms with Crippen LogP contribution in [-0.4, -0.2) is 15.5 Å². The van der Waals surface area contributed by atoms with E-state index in [2.05, 4.69) is 10.3 Å². The Hall–Kier alpha value is -2.61. The quantitative estimate of drug-likeness (QED) is 0.885. The first-order valence-corrected chi connectivity index (χ1v) is 5.50. The molecule has 0 aliphatic rings. The zero-order valence-corrected chi connectivity index (χ0v) is 9.71. The summed E-state index contributed by atoms with van der Waals surface area (Å²) in [6.07, 6.45) is 5.14. The molecule has 0 aliphatic carbocycles. The average molecular weight is 240 g/mol. The van der Waals surface area contributed by atoms with Crippen LogP contribution in [0.25, 0.3) is 0 Å². The second-order valence-corrected chi connectivity index (χ2v) is 3.78. The molecule has 0 saturated heterocycles. The van der Waals surface area contributed by atoms with E-state index in [9.17, 15) is 4.79 Å². The van der Waals surface area contributed by atoms with Crippen molar-refractivity contribution in [2.24, 2.45) is 0 Å². The van der Waals surface area contributed by atoms with Gasteiger partial charge in [-0.05, 0) is 11.6 Å². The Kier molecular flexibility index (Phi) is 3.72. The zero-order valence-electron chi connectivity index (χ0n) is 9.71. The number of carbonyl (C=O) groups is 1. The van der Waals surface area contributed by atoms with Crippen LogP contribution in [0.5, 0.6) is 0 Å². The summed E-state index contributed by atoms with van der Waals surface area (Å²) in [5.41, 5.74) is 1.70. The molecule has 1 aromatic carbocycles. The first-order valence-electron chi connectivity index (χ1n) is 5.50. The number of nitrogens with zero attached hydrogens (tertiary/aromatic N) is 3. The van der Waals surface area contributed by atoms with Crippen molar-refractivity contribution in [2.45, 2.75) is 13.0 Å². The van der Waals surface area contributed by atoms with E-state index >= 15 is 0 Å². The van der Waals surface area contributed by atoms with Crippen molar-refractivity contribution in [2.75, 3.05) is 5.32 Å². The van der Waals surface area contributed by atoms with Gasteiger partial charge >= 0.3 is 0 Å². The first-order chi connectivity index (χ1) is 8.79. The monoisotopic (exact) mass is 240 g/mol. The van der Waals surface area contributed by atoms with Crippen molar-refractivity contribution in [3.05, 3.63) is 48.5 Å². The molecular weight excluding hydrogens is 228 g/mol. The van der Waals surface area contributed by atoms with Crippen molar-refractivity contribution in [3.8, 4) is 6.07 Å². The number of hydrogen-bond acceptors (Lipinski definition) is 3. The number of imidazole rings is 1. The molecule has 0 radical (unpaired) electrons. The van der Waals surface area contributed by atoms with Gasteiger partial charge in [-0.3, -0.25) is 4.79 Å². The highest BCUT2D eigenvalue weighted by Gasteiger charge is 2.06. The molecule has 0 atom stereocenters. The normalized spacial score (nSPS) is 9.72. The van der Waals surface area contributed by atoms with Crippen molar-refractivity contribution in [1.82, 2.24) is 9.55 Å². The minimum absolute atomic E-state index is 0.139. The zero-order chi connectivity index (χ0) is 12.8. The Labute approximate surface area is 105 Å². The van der Waals surface area contributed by atoms with Crippen LogP contribution in [0.15, 0.2) is 43.0 Å². The summed E-state index contributed by atoms with van der Waals surface area (Å²) in [4.78, 5) is 15.4. The molecule has 0 saturated carbocycles. The third kappa shape index (κ3) is 2.95. The fourth-order valence-corrected chi connectivity index (χ4v) is 1.62. The van der Waals surface area contributed by atoms with Gasteiger partial charge in [-0.15, -0.1) is 0 Å². The Morgan fingerprint density at radius 2 is 2.28 bits per heavy atom. The Balaban J connectivity index is 2.15. The van der Waals surface area contributed by atoms with E-state index in [1.54, 1.807) is 12.5 Å². The lowest BCUT2D eigenvalue weighted by atomic mass is 10.1. The highest BCUT2D eigenvalue weighted by atomic mass is 16.1. The van der Waals surface area contributed by atoms with Crippen LogP contribution < -0.4 is 5.32 Å². The van der Waals surface area contributed by atoms with E-state index in [1.165, 1.54) is 0 Å². The predicted molar refractivity (Wildman–Crippen MR) is 66.6 cm³/mol. The van der Waals surface area contributed by atoms with Crippen molar-refractivity contribution in [1.29, 1.82) is 5.26 Å². The molecule has 18 heavy (non-hydrogen) atoms. The number of anilines is 1. The molecule has 0 spiro atoms. The Bertz CT molecular complexity index is 569. The molecule has 2 aromatic rings. The Morgan fingerprint density at radius 1 is 1.44 bits per heavy atom. The summed E-state index contributed by atoms with van der Waals surface area (Å²) in [5.74, 6) is -0.296. The molecule has 1 aromatic heterocycles. The molecule has 5 nitrogen and oxygen atoms in total. The fraction of sp³-hybridized carbons (Fsp3) is 0.154. The van der Waals surface area contributed by atoms with Gasteiger partial charge in [0.25, 0.3) is 0 Å². The summed E-state index contributed by atoms with van der Waals surface area (Å²) in [7, 11) is 0. The summed E-state index contributed by atoms with van der Waals surface area (Å²) >= 11 is 0. The predicted octanol–water partition coefficient (Wildman–Crippen LogP) is 1.78. The fourth-order valence-electron chi connectivity index (χ4n) is 1.62. The maximum absolute atomic E-state index is 11.4. The maximum atomic E-state index is 11.4. The SMILES string of the molecule is N#CCC(=O)Nc1ccccc1Cn1ccnc1. The summed E-state index contributed by atoms with van der Waals surface area (Å²) < 4.78 is 1.91. The van der Waals surface area contributed by atoms with Crippen molar-refractivity contribution < 1.29 is 4.79 Å². The minimum atomic E-state index is -0.296. The second kappa shape index (κ2) is 5.64. The van der Waals surface area contributed by atoms with Gasteiger partial charge in [0.05, 0.1) is 18.9 Å². The van der Waals surface area contributed by atoms with Crippen molar-refractivity contribution >= 4 is 11.6 Å². The molecule has 0 fully saturated rings. The average Bonchev–Trinajstić information content (AvgIpc) is 2.85. The van der Waals surface area contributed by atoms with E-state index in [4.69, 9.17) is 5.26 Å². The van der Waals surface area contributed by atoms with Crippen LogP contribution in [0, 0.1) is 11.3 Å². The van der Waals surface area contributed by atoms with Gasteiger partial charge < -0.3 is 9.88 Å². The minimum Gasteiger partial charge on any atom is -0.333 e. The smallest absolute Gasteiger partial charge is 0.238 e. The van der Waals surface area contributed by atoms with Crippen molar-refractivity contribution in [3.63, 3.8) is 0 Å². The molecule has 1 heterocycles. The van der Waals surface area contributed by atoms with Gasteiger partial charge in [-0.1, -0.05) is 18.2 Å². The molecule has 90 valence electrons.